The molecule has 4 heterocycles. The highest BCUT2D eigenvalue weighted by Gasteiger charge is 2.16. The summed E-state index contributed by atoms with van der Waals surface area (Å²) >= 11 is 3.62. The van der Waals surface area contributed by atoms with E-state index in [1.807, 2.05) is 22.7 Å². The van der Waals surface area contributed by atoms with Crippen molar-refractivity contribution in [3.05, 3.63) is 32.6 Å². The van der Waals surface area contributed by atoms with Crippen LogP contribution in [0.15, 0.2) is 22.9 Å². The molecule has 0 N–H and O–H groups in total. The van der Waals surface area contributed by atoms with E-state index in [9.17, 15) is 0 Å². The second kappa shape index (κ2) is 10.6. The van der Waals surface area contributed by atoms with Gasteiger partial charge in [-0.05, 0) is 74.8 Å². The Balaban J connectivity index is 1.21. The van der Waals surface area contributed by atoms with Crippen LogP contribution < -0.4 is 9.47 Å². The fraction of sp³-hybridized carbons (Fsp3) is 0.636. The fourth-order valence-electron chi connectivity index (χ4n) is 4.09. The minimum atomic E-state index is 0.600. The van der Waals surface area contributed by atoms with Crippen LogP contribution in [0, 0.1) is 0 Å². The maximum absolute atomic E-state index is 6.06. The van der Waals surface area contributed by atoms with Crippen LogP contribution in [0.2, 0.25) is 0 Å². The monoisotopic (exact) mass is 420 g/mol. The van der Waals surface area contributed by atoms with E-state index in [2.05, 4.69) is 32.7 Å². The van der Waals surface area contributed by atoms with Gasteiger partial charge in [-0.15, -0.1) is 22.7 Å². The standard InChI is InChI=1S/C22H32N2O2S2/c1-3-9-23(10-4-1)17-21-19(7-15-27-21)25-13-14-26-20-8-16-28-22(20)18-24-11-5-2-6-12-24/h7-8,15-16H,1-6,9-14,17-18H2. The largest absolute Gasteiger partial charge is 0.489 e. The highest BCUT2D eigenvalue weighted by atomic mass is 32.1. The molecule has 0 bridgehead atoms. The van der Waals surface area contributed by atoms with E-state index in [-0.39, 0.29) is 0 Å². The lowest BCUT2D eigenvalue weighted by atomic mass is 10.1. The summed E-state index contributed by atoms with van der Waals surface area (Å²) in [6.07, 6.45) is 8.07. The maximum atomic E-state index is 6.06. The maximum Gasteiger partial charge on any atom is 0.134 e. The topological polar surface area (TPSA) is 24.9 Å². The summed E-state index contributed by atoms with van der Waals surface area (Å²) in [4.78, 5) is 7.81. The predicted molar refractivity (Wildman–Crippen MR) is 118 cm³/mol. The molecular weight excluding hydrogens is 388 g/mol. The van der Waals surface area contributed by atoms with Gasteiger partial charge in [-0.1, -0.05) is 12.8 Å². The lowest BCUT2D eigenvalue weighted by Crippen LogP contribution is -2.29. The molecule has 0 aliphatic carbocycles. The molecular formula is C22H32N2O2S2. The summed E-state index contributed by atoms with van der Waals surface area (Å²) in [7, 11) is 0. The molecule has 6 heteroatoms. The zero-order valence-corrected chi connectivity index (χ0v) is 18.4. The summed E-state index contributed by atoms with van der Waals surface area (Å²) in [5.41, 5.74) is 0. The third-order valence-corrected chi connectivity index (χ3v) is 7.41. The van der Waals surface area contributed by atoms with Gasteiger partial charge in [0.1, 0.15) is 24.7 Å². The molecule has 4 rings (SSSR count). The molecule has 4 nitrogen and oxygen atoms in total. The summed E-state index contributed by atoms with van der Waals surface area (Å²) in [5, 5.41) is 4.29. The SMILES string of the molecule is c1cc(OCCOc2ccsc2CN2CCCCC2)c(CN2CCCCC2)s1. The molecule has 2 aliphatic rings. The first kappa shape index (κ1) is 20.2. The zero-order chi connectivity index (χ0) is 19.0. The molecule has 0 spiro atoms. The Morgan fingerprint density at radius 1 is 0.643 bits per heavy atom. The molecule has 0 amide bonds. The minimum Gasteiger partial charge on any atom is -0.489 e. The molecule has 2 saturated heterocycles. The van der Waals surface area contributed by atoms with Gasteiger partial charge in [-0.25, -0.2) is 0 Å². The number of likely N-dealkylation sites (tertiary alicyclic amines) is 2. The summed E-state index contributed by atoms with van der Waals surface area (Å²) < 4.78 is 12.1. The van der Waals surface area contributed by atoms with Crippen molar-refractivity contribution in [2.24, 2.45) is 0 Å². The Bertz CT molecular complexity index is 643. The molecule has 0 unspecified atom stereocenters. The molecule has 2 aliphatic heterocycles. The molecule has 0 radical (unpaired) electrons. The van der Waals surface area contributed by atoms with Gasteiger partial charge in [-0.3, -0.25) is 9.80 Å². The van der Waals surface area contributed by atoms with Crippen LogP contribution in [0.4, 0.5) is 0 Å². The minimum absolute atomic E-state index is 0.600. The van der Waals surface area contributed by atoms with Crippen LogP contribution >= 0.6 is 22.7 Å². The van der Waals surface area contributed by atoms with Crippen LogP contribution in [0.5, 0.6) is 11.5 Å². The van der Waals surface area contributed by atoms with Gasteiger partial charge >= 0.3 is 0 Å². The number of rotatable bonds is 9. The summed E-state index contributed by atoms with van der Waals surface area (Å²) in [6, 6.07) is 4.21. The first-order chi connectivity index (χ1) is 13.9. The van der Waals surface area contributed by atoms with Crippen LogP contribution in [0.25, 0.3) is 0 Å². The quantitative estimate of drug-likeness (QED) is 0.518. The Labute approximate surface area is 177 Å². The van der Waals surface area contributed by atoms with E-state index >= 15 is 0 Å². The smallest absolute Gasteiger partial charge is 0.134 e. The molecule has 2 aromatic heterocycles. The number of nitrogens with zero attached hydrogens (tertiary/aromatic N) is 2. The third-order valence-electron chi connectivity index (χ3n) is 5.64. The van der Waals surface area contributed by atoms with Crippen LogP contribution in [-0.4, -0.2) is 49.2 Å². The molecule has 0 saturated carbocycles. The highest BCUT2D eigenvalue weighted by Crippen LogP contribution is 2.29. The number of thiophene rings is 2. The van der Waals surface area contributed by atoms with E-state index < -0.39 is 0 Å². The third kappa shape index (κ3) is 5.72. The van der Waals surface area contributed by atoms with Crippen molar-refractivity contribution in [2.75, 3.05) is 39.4 Å². The average molecular weight is 421 g/mol. The van der Waals surface area contributed by atoms with E-state index in [1.54, 1.807) is 0 Å². The number of hydrogen-bond acceptors (Lipinski definition) is 6. The van der Waals surface area contributed by atoms with E-state index in [0.29, 0.717) is 13.2 Å². The van der Waals surface area contributed by atoms with Gasteiger partial charge in [-0.2, -0.15) is 0 Å². The zero-order valence-electron chi connectivity index (χ0n) is 16.7. The van der Waals surface area contributed by atoms with Gasteiger partial charge in [0.15, 0.2) is 0 Å². The molecule has 28 heavy (non-hydrogen) atoms. The highest BCUT2D eigenvalue weighted by molar-refractivity contribution is 7.10. The molecule has 0 atom stereocenters. The molecule has 0 aromatic carbocycles. The summed E-state index contributed by atoms with van der Waals surface area (Å²) in [5.74, 6) is 2.08. The lowest BCUT2D eigenvalue weighted by Gasteiger charge is -2.26. The van der Waals surface area contributed by atoms with Crippen molar-refractivity contribution in [3.63, 3.8) is 0 Å². The fourth-order valence-corrected chi connectivity index (χ4v) is 5.80. The summed E-state index contributed by atoms with van der Waals surface area (Å²) in [6.45, 7) is 8.13. The van der Waals surface area contributed by atoms with Crippen molar-refractivity contribution >= 4 is 22.7 Å². The van der Waals surface area contributed by atoms with Crippen molar-refractivity contribution in [1.82, 2.24) is 9.80 Å². The number of piperidine rings is 2. The van der Waals surface area contributed by atoms with E-state index in [1.165, 1.54) is 74.5 Å². The first-order valence-corrected chi connectivity index (χ1v) is 12.5. The van der Waals surface area contributed by atoms with Gasteiger partial charge in [0.25, 0.3) is 0 Å². The van der Waals surface area contributed by atoms with E-state index in [0.717, 1.165) is 24.6 Å². The van der Waals surface area contributed by atoms with Crippen molar-refractivity contribution in [3.8, 4) is 11.5 Å². The van der Waals surface area contributed by atoms with Crippen LogP contribution in [0.3, 0.4) is 0 Å². The van der Waals surface area contributed by atoms with E-state index in [4.69, 9.17) is 9.47 Å². The number of hydrogen-bond donors (Lipinski definition) is 0. The second-order valence-electron chi connectivity index (χ2n) is 7.79. The molecule has 154 valence electrons. The average Bonchev–Trinajstić information content (AvgIpc) is 3.36. The Morgan fingerprint density at radius 3 is 1.50 bits per heavy atom. The Hall–Kier alpha value is -1.08. The van der Waals surface area contributed by atoms with Crippen molar-refractivity contribution in [1.29, 1.82) is 0 Å². The van der Waals surface area contributed by atoms with Crippen molar-refractivity contribution < 1.29 is 9.47 Å². The lowest BCUT2D eigenvalue weighted by molar-refractivity contribution is 0.198. The molecule has 2 aromatic rings. The van der Waals surface area contributed by atoms with Gasteiger partial charge < -0.3 is 9.47 Å². The normalized spacial score (nSPS) is 19.0. The van der Waals surface area contributed by atoms with Gasteiger partial charge in [0, 0.05) is 13.1 Å². The van der Waals surface area contributed by atoms with Crippen LogP contribution in [0.1, 0.15) is 48.3 Å². The second-order valence-corrected chi connectivity index (χ2v) is 9.79. The first-order valence-electron chi connectivity index (χ1n) is 10.7. The van der Waals surface area contributed by atoms with Gasteiger partial charge in [0.05, 0.1) is 9.75 Å². The molecule has 2 fully saturated rings. The Morgan fingerprint density at radius 2 is 1.07 bits per heavy atom. The van der Waals surface area contributed by atoms with Gasteiger partial charge in [0.2, 0.25) is 0 Å². The Kier molecular flexibility index (Phi) is 7.67. The number of ether oxygens (including phenoxy) is 2. The predicted octanol–water partition coefficient (Wildman–Crippen LogP) is 5.24. The van der Waals surface area contributed by atoms with Crippen LogP contribution in [-0.2, 0) is 13.1 Å². The van der Waals surface area contributed by atoms with Crippen molar-refractivity contribution in [2.45, 2.75) is 51.6 Å².